The van der Waals surface area contributed by atoms with Crippen molar-refractivity contribution in [1.82, 2.24) is 4.90 Å². The van der Waals surface area contributed by atoms with Gasteiger partial charge in [0.1, 0.15) is 12.7 Å². The minimum Gasteiger partial charge on any atom is -0.445 e. The van der Waals surface area contributed by atoms with E-state index < -0.39 is 20.5 Å². The van der Waals surface area contributed by atoms with Gasteiger partial charge in [-0.25, -0.2) is 9.69 Å². The fourth-order valence-electron chi connectivity index (χ4n) is 4.30. The molecule has 6 heteroatoms. The molecule has 5 nitrogen and oxygen atoms in total. The lowest BCUT2D eigenvalue weighted by atomic mass is 9.77. The molecule has 1 saturated heterocycles. The summed E-state index contributed by atoms with van der Waals surface area (Å²) in [6.45, 7) is 8.59. The molecule has 0 bridgehead atoms. The Labute approximate surface area is 159 Å². The largest absolute Gasteiger partial charge is 0.445 e. The lowest BCUT2D eigenvalue weighted by Crippen LogP contribution is -2.72. The Balaban J connectivity index is 2.16. The summed E-state index contributed by atoms with van der Waals surface area (Å²) < 4.78 is 11.8. The molecule has 0 aromatic carbocycles. The van der Waals surface area contributed by atoms with Crippen molar-refractivity contribution in [2.75, 3.05) is 6.61 Å². The summed E-state index contributed by atoms with van der Waals surface area (Å²) in [5, 5.41) is 0. The van der Waals surface area contributed by atoms with E-state index in [1.165, 1.54) is 24.2 Å². The van der Waals surface area contributed by atoms with Gasteiger partial charge in [0.2, 0.25) is 0 Å². The topological polar surface area (TPSA) is 55.8 Å². The zero-order chi connectivity index (χ0) is 19.2. The van der Waals surface area contributed by atoms with Crippen LogP contribution in [0, 0.1) is 5.92 Å². The molecule has 0 N–H and O–H groups in total. The van der Waals surface area contributed by atoms with Gasteiger partial charge < -0.3 is 9.16 Å². The number of rotatable bonds is 8. The summed E-state index contributed by atoms with van der Waals surface area (Å²) in [6.07, 6.45) is 8.35. The summed E-state index contributed by atoms with van der Waals surface area (Å²) in [6, 6.07) is 2.88. The fraction of sp³-hybridized carbons (Fsp3) is 0.800. The molecule has 1 aliphatic heterocycles. The molecule has 148 valence electrons. The van der Waals surface area contributed by atoms with Gasteiger partial charge in [0.05, 0.1) is 6.04 Å². The van der Waals surface area contributed by atoms with Crippen LogP contribution in [0.5, 0.6) is 0 Å². The molecule has 0 aromatic rings. The van der Waals surface area contributed by atoms with Gasteiger partial charge in [-0.15, -0.1) is 0 Å². The van der Waals surface area contributed by atoms with Gasteiger partial charge in [-0.2, -0.15) is 0 Å². The van der Waals surface area contributed by atoms with Crippen molar-refractivity contribution >= 4 is 20.3 Å². The van der Waals surface area contributed by atoms with Gasteiger partial charge in [-0.1, -0.05) is 52.2 Å². The van der Waals surface area contributed by atoms with Crippen LogP contribution in [0.1, 0.15) is 59.8 Å². The Hall–Kier alpha value is -1.14. The predicted molar refractivity (Wildman–Crippen MR) is 105 cm³/mol. The first-order valence-corrected chi connectivity index (χ1v) is 12.8. The number of carbonyl (C=O) groups is 2. The fourth-order valence-corrected chi connectivity index (χ4v) is 7.08. The van der Waals surface area contributed by atoms with Crippen LogP contribution < -0.4 is 0 Å². The van der Waals surface area contributed by atoms with Crippen molar-refractivity contribution in [2.24, 2.45) is 5.92 Å². The third-order valence-corrected chi connectivity index (χ3v) is 10.9. The summed E-state index contributed by atoms with van der Waals surface area (Å²) in [5.41, 5.74) is 0. The highest BCUT2D eigenvalue weighted by Crippen LogP contribution is 2.40. The van der Waals surface area contributed by atoms with Crippen LogP contribution in [-0.2, 0) is 14.0 Å². The maximum atomic E-state index is 12.8. The number of carbonyl (C=O) groups excluding carboxylic acids is 2. The van der Waals surface area contributed by atoms with Gasteiger partial charge >= 0.3 is 6.09 Å². The van der Waals surface area contributed by atoms with E-state index in [-0.39, 0.29) is 18.6 Å². The SMILES string of the molecule is CC=CCOC(=O)N1C(=O)[C@H](O[Si](CC)(CC)CC)[C@@H]1C1CCCCC1. The molecular weight excluding hydrogens is 346 g/mol. The van der Waals surface area contributed by atoms with Crippen molar-refractivity contribution in [3.8, 4) is 0 Å². The molecule has 2 fully saturated rings. The molecule has 0 aromatic heterocycles. The van der Waals surface area contributed by atoms with Gasteiger partial charge in [0.25, 0.3) is 5.91 Å². The first-order valence-electron chi connectivity index (χ1n) is 10.3. The average molecular weight is 382 g/mol. The predicted octanol–water partition coefficient (Wildman–Crippen LogP) is 4.88. The molecule has 2 atom stereocenters. The van der Waals surface area contributed by atoms with Crippen LogP contribution in [0.3, 0.4) is 0 Å². The quantitative estimate of drug-likeness (QED) is 0.341. The molecular formula is C20H35NO4Si. The number of hydrogen-bond donors (Lipinski definition) is 0. The minimum absolute atomic E-state index is 0.141. The number of β-lactam (4-membered cyclic amide) rings is 1. The molecule has 2 rings (SSSR count). The van der Waals surface area contributed by atoms with E-state index in [4.69, 9.17) is 9.16 Å². The maximum Gasteiger partial charge on any atom is 0.417 e. The van der Waals surface area contributed by atoms with Gasteiger partial charge in [-0.05, 0) is 43.8 Å². The number of amides is 2. The second-order valence-electron chi connectivity index (χ2n) is 7.52. The van der Waals surface area contributed by atoms with Crippen LogP contribution in [0.2, 0.25) is 18.1 Å². The minimum atomic E-state index is -1.90. The zero-order valence-corrected chi connectivity index (χ0v) is 17.8. The molecule has 26 heavy (non-hydrogen) atoms. The maximum absolute atomic E-state index is 12.8. The van der Waals surface area contributed by atoms with Crippen molar-refractivity contribution in [2.45, 2.75) is 90.1 Å². The first kappa shape index (κ1) is 21.2. The van der Waals surface area contributed by atoms with E-state index in [2.05, 4.69) is 20.8 Å². The number of ether oxygens (including phenoxy) is 1. The number of likely N-dealkylation sites (tertiary alicyclic amines) is 1. The second kappa shape index (κ2) is 9.69. The standard InChI is InChI=1S/C20H35NO4Si/c1-5-9-15-24-20(23)21-17(16-13-11-10-12-14-16)18(19(21)22)25-26(6-2,7-3)8-4/h5,9,16-18H,6-8,10-15H2,1-4H3/t17-,18+/m0/s1. The summed E-state index contributed by atoms with van der Waals surface area (Å²) in [7, 11) is -1.90. The highest BCUT2D eigenvalue weighted by Gasteiger charge is 2.57. The highest BCUT2D eigenvalue weighted by atomic mass is 28.4. The number of imide groups is 1. The molecule has 1 heterocycles. The van der Waals surface area contributed by atoms with Crippen molar-refractivity contribution in [3.05, 3.63) is 12.2 Å². The van der Waals surface area contributed by atoms with Gasteiger partial charge in [-0.3, -0.25) is 4.79 Å². The third kappa shape index (κ3) is 4.39. The van der Waals surface area contributed by atoms with E-state index in [0.29, 0.717) is 5.92 Å². The first-order chi connectivity index (χ1) is 12.5. The van der Waals surface area contributed by atoms with E-state index in [1.54, 1.807) is 6.08 Å². The number of hydrogen-bond acceptors (Lipinski definition) is 4. The molecule has 1 aliphatic carbocycles. The van der Waals surface area contributed by atoms with E-state index >= 15 is 0 Å². The third-order valence-electron chi connectivity index (χ3n) is 6.27. The summed E-state index contributed by atoms with van der Waals surface area (Å²) in [5.74, 6) is 0.149. The Morgan fingerprint density at radius 2 is 1.77 bits per heavy atom. The summed E-state index contributed by atoms with van der Waals surface area (Å²) in [4.78, 5) is 26.7. The molecule has 0 spiro atoms. The average Bonchev–Trinajstić information content (AvgIpc) is 2.68. The van der Waals surface area contributed by atoms with Gasteiger partial charge in [0, 0.05) is 0 Å². The van der Waals surface area contributed by atoms with Gasteiger partial charge in [0.15, 0.2) is 8.32 Å². The highest BCUT2D eigenvalue weighted by molar-refractivity contribution is 6.73. The Morgan fingerprint density at radius 3 is 2.31 bits per heavy atom. The van der Waals surface area contributed by atoms with E-state index in [1.807, 2.05) is 13.0 Å². The van der Waals surface area contributed by atoms with Crippen LogP contribution in [0.4, 0.5) is 4.79 Å². The van der Waals surface area contributed by atoms with E-state index in [9.17, 15) is 9.59 Å². The number of allylic oxidation sites excluding steroid dienone is 1. The second-order valence-corrected chi connectivity index (χ2v) is 12.2. The molecule has 0 radical (unpaired) electrons. The molecule has 2 aliphatic rings. The van der Waals surface area contributed by atoms with Crippen molar-refractivity contribution in [3.63, 3.8) is 0 Å². The Bertz CT molecular complexity index is 504. The zero-order valence-electron chi connectivity index (χ0n) is 16.8. The van der Waals surface area contributed by atoms with Crippen molar-refractivity contribution < 1.29 is 18.8 Å². The number of nitrogens with zero attached hydrogens (tertiary/aromatic N) is 1. The monoisotopic (exact) mass is 381 g/mol. The van der Waals surface area contributed by atoms with Crippen LogP contribution >= 0.6 is 0 Å². The van der Waals surface area contributed by atoms with E-state index in [0.717, 1.165) is 31.0 Å². The van der Waals surface area contributed by atoms with Crippen molar-refractivity contribution in [1.29, 1.82) is 0 Å². The molecule has 2 amide bonds. The lowest BCUT2D eigenvalue weighted by molar-refractivity contribution is -0.165. The normalized spacial score (nSPS) is 24.8. The van der Waals surface area contributed by atoms with Crippen LogP contribution in [-0.4, -0.2) is 44.0 Å². The van der Waals surface area contributed by atoms with Crippen LogP contribution in [0.15, 0.2) is 12.2 Å². The Morgan fingerprint density at radius 1 is 1.15 bits per heavy atom. The lowest BCUT2D eigenvalue weighted by Gasteiger charge is -2.51. The summed E-state index contributed by atoms with van der Waals surface area (Å²) >= 11 is 0. The molecule has 0 unspecified atom stereocenters. The smallest absolute Gasteiger partial charge is 0.417 e. The van der Waals surface area contributed by atoms with Crippen LogP contribution in [0.25, 0.3) is 0 Å². The molecule has 1 saturated carbocycles. The Kier molecular flexibility index (Phi) is 7.89.